The van der Waals surface area contributed by atoms with Crippen molar-refractivity contribution in [3.05, 3.63) is 85.5 Å². The summed E-state index contributed by atoms with van der Waals surface area (Å²) in [6.45, 7) is 12.9. The lowest BCUT2D eigenvalue weighted by atomic mass is 9.70. The Morgan fingerprint density at radius 2 is 1.80 bits per heavy atom. The monoisotopic (exact) mass is 687 g/mol. The van der Waals surface area contributed by atoms with Gasteiger partial charge in [0.05, 0.1) is 43.7 Å². The lowest BCUT2D eigenvalue weighted by Gasteiger charge is -2.40. The molecule has 0 aromatic heterocycles. The Morgan fingerprint density at radius 1 is 1.10 bits per heavy atom. The van der Waals surface area contributed by atoms with Crippen LogP contribution in [0.3, 0.4) is 0 Å². The van der Waals surface area contributed by atoms with Crippen LogP contribution in [0.2, 0.25) is 0 Å². The Hall–Kier alpha value is -4.48. The zero-order chi connectivity index (χ0) is 36.2. The molecular weight excluding hydrogens is 638 g/mol. The van der Waals surface area contributed by atoms with Gasteiger partial charge >= 0.3 is 5.97 Å². The molecule has 2 aromatic carbocycles. The number of carbonyl (C=O) groups is 4. The Balaban J connectivity index is 1.51. The van der Waals surface area contributed by atoms with Crippen molar-refractivity contribution < 1.29 is 38.5 Å². The smallest absolute Gasteiger partial charge is 0.313 e. The number of nitrogens with zero attached hydrogens (tertiary/aromatic N) is 2. The van der Waals surface area contributed by atoms with Crippen molar-refractivity contribution in [2.45, 2.75) is 82.4 Å². The molecule has 50 heavy (non-hydrogen) atoms. The zero-order valence-electron chi connectivity index (χ0n) is 29.3. The molecule has 268 valence electrons. The van der Waals surface area contributed by atoms with Gasteiger partial charge in [0.25, 0.3) is 5.91 Å². The third-order valence-corrected chi connectivity index (χ3v) is 10.3. The van der Waals surface area contributed by atoms with Gasteiger partial charge in [-0.1, -0.05) is 56.3 Å². The number of rotatable bonds is 16. The summed E-state index contributed by atoms with van der Waals surface area (Å²) in [5.74, 6) is -3.24. The van der Waals surface area contributed by atoms with E-state index in [1.807, 2.05) is 44.2 Å². The summed E-state index contributed by atoms with van der Waals surface area (Å²) >= 11 is 0. The Labute approximate surface area is 294 Å². The number of carbonyl (C=O) groups excluding carboxylic acids is 4. The van der Waals surface area contributed by atoms with E-state index in [9.17, 15) is 24.3 Å². The fraction of sp³-hybridized carbons (Fsp3) is 0.487. The lowest BCUT2D eigenvalue weighted by molar-refractivity contribution is -0.162. The lowest BCUT2D eigenvalue weighted by Crippen LogP contribution is -2.59. The molecule has 3 heterocycles. The largest absolute Gasteiger partial charge is 0.497 e. The topological polar surface area (TPSA) is 135 Å². The molecule has 5 rings (SSSR count). The number of ether oxygens (including phenoxy) is 3. The molecule has 2 N–H and O–H groups in total. The summed E-state index contributed by atoms with van der Waals surface area (Å²) in [6.07, 6.45) is 3.35. The molecule has 0 unspecified atom stereocenters. The van der Waals surface area contributed by atoms with Gasteiger partial charge in [0, 0.05) is 18.7 Å². The number of aliphatic hydroxyl groups is 1. The average molecular weight is 688 g/mol. The molecule has 3 aliphatic rings. The van der Waals surface area contributed by atoms with Crippen LogP contribution in [-0.2, 0) is 28.7 Å². The highest BCUT2D eigenvalue weighted by Crippen LogP contribution is 2.59. The van der Waals surface area contributed by atoms with Crippen molar-refractivity contribution in [2.75, 3.05) is 25.2 Å². The SMILES string of the molecule is C=CCCC(=O)N[C@H](C)[C@@H](OC(=O)[C@@H]1[C@@H]2CC[C@]3(O2)[C@H](C(=O)N(CC=C)c2ccc(OC)cc2)N([C@@H](CO)C(C)C)C(=O)[C@@H]13)c1ccccc1. The molecule has 3 saturated heterocycles. The minimum atomic E-state index is -1.32. The number of anilines is 1. The molecule has 3 fully saturated rings. The number of allylic oxidation sites excluding steroid dienone is 1. The third kappa shape index (κ3) is 6.81. The Morgan fingerprint density at radius 3 is 2.40 bits per heavy atom. The second-order valence-electron chi connectivity index (χ2n) is 13.7. The number of amides is 3. The maximum atomic E-state index is 14.8. The van der Waals surface area contributed by atoms with Gasteiger partial charge in [-0.05, 0) is 61.9 Å². The van der Waals surface area contributed by atoms with E-state index in [0.717, 1.165) is 0 Å². The molecule has 11 nitrogen and oxygen atoms in total. The Bertz CT molecular complexity index is 1560. The van der Waals surface area contributed by atoms with Crippen molar-refractivity contribution in [1.82, 2.24) is 10.2 Å². The van der Waals surface area contributed by atoms with E-state index in [1.165, 1.54) is 4.90 Å². The van der Waals surface area contributed by atoms with Crippen LogP contribution in [0.1, 0.15) is 58.1 Å². The molecule has 3 aliphatic heterocycles. The summed E-state index contributed by atoms with van der Waals surface area (Å²) in [7, 11) is 1.56. The Kier molecular flexibility index (Phi) is 11.5. The van der Waals surface area contributed by atoms with Gasteiger partial charge in [0.15, 0.2) is 0 Å². The van der Waals surface area contributed by atoms with E-state index in [4.69, 9.17) is 14.2 Å². The molecular formula is C39H49N3O8. The van der Waals surface area contributed by atoms with E-state index in [1.54, 1.807) is 55.4 Å². The van der Waals surface area contributed by atoms with Crippen LogP contribution >= 0.6 is 0 Å². The first kappa shape index (κ1) is 36.8. The van der Waals surface area contributed by atoms with Crippen LogP contribution in [0.25, 0.3) is 0 Å². The van der Waals surface area contributed by atoms with Crippen LogP contribution in [-0.4, -0.2) is 83.8 Å². The van der Waals surface area contributed by atoms with Gasteiger partial charge in [-0.25, -0.2) is 0 Å². The van der Waals surface area contributed by atoms with Crippen molar-refractivity contribution in [3.8, 4) is 5.75 Å². The van der Waals surface area contributed by atoms with Gasteiger partial charge < -0.3 is 34.4 Å². The maximum Gasteiger partial charge on any atom is 0.313 e. The van der Waals surface area contributed by atoms with Crippen LogP contribution in [0.15, 0.2) is 79.9 Å². The molecule has 11 heteroatoms. The highest BCUT2D eigenvalue weighted by molar-refractivity contribution is 6.05. The maximum absolute atomic E-state index is 14.8. The first-order valence-corrected chi connectivity index (χ1v) is 17.4. The molecule has 0 radical (unpaired) electrons. The third-order valence-electron chi connectivity index (χ3n) is 10.3. The number of esters is 1. The number of likely N-dealkylation sites (tertiary alicyclic amines) is 1. The number of hydrogen-bond donors (Lipinski definition) is 2. The number of fused-ring (bicyclic) bond motifs is 1. The summed E-state index contributed by atoms with van der Waals surface area (Å²) in [6, 6.07) is 13.7. The van der Waals surface area contributed by atoms with Crippen molar-refractivity contribution >= 4 is 29.4 Å². The second kappa shape index (κ2) is 15.6. The first-order chi connectivity index (χ1) is 24.0. The van der Waals surface area contributed by atoms with Crippen LogP contribution in [0, 0.1) is 17.8 Å². The quantitative estimate of drug-likeness (QED) is 0.197. The van der Waals surface area contributed by atoms with Crippen LogP contribution in [0.4, 0.5) is 5.69 Å². The predicted octanol–water partition coefficient (Wildman–Crippen LogP) is 4.36. The molecule has 2 aromatic rings. The molecule has 0 saturated carbocycles. The van der Waals surface area contributed by atoms with Crippen molar-refractivity contribution in [3.63, 3.8) is 0 Å². The van der Waals surface area contributed by atoms with Gasteiger partial charge in [-0.15, -0.1) is 13.2 Å². The van der Waals surface area contributed by atoms with E-state index in [-0.39, 0.29) is 31.4 Å². The van der Waals surface area contributed by atoms with Crippen molar-refractivity contribution in [1.29, 1.82) is 0 Å². The van der Waals surface area contributed by atoms with Crippen molar-refractivity contribution in [2.24, 2.45) is 17.8 Å². The molecule has 3 amide bonds. The highest BCUT2D eigenvalue weighted by Gasteiger charge is 2.76. The number of hydrogen-bond acceptors (Lipinski definition) is 8. The predicted molar refractivity (Wildman–Crippen MR) is 188 cm³/mol. The fourth-order valence-electron chi connectivity index (χ4n) is 7.92. The molecule has 2 bridgehead atoms. The van der Waals surface area contributed by atoms with E-state index >= 15 is 0 Å². The van der Waals surface area contributed by atoms with Gasteiger partial charge in [0.1, 0.15) is 23.5 Å². The minimum absolute atomic E-state index is 0.153. The summed E-state index contributed by atoms with van der Waals surface area (Å²) in [5, 5.41) is 13.6. The number of nitrogens with one attached hydrogen (secondary N) is 1. The van der Waals surface area contributed by atoms with E-state index < -0.39 is 65.6 Å². The van der Waals surface area contributed by atoms with Gasteiger partial charge in [0.2, 0.25) is 11.8 Å². The number of benzene rings is 2. The molecule has 8 atom stereocenters. The van der Waals surface area contributed by atoms with Crippen LogP contribution in [0.5, 0.6) is 5.75 Å². The number of methoxy groups -OCH3 is 1. The second-order valence-corrected chi connectivity index (χ2v) is 13.7. The summed E-state index contributed by atoms with van der Waals surface area (Å²) < 4.78 is 18.2. The van der Waals surface area contributed by atoms with E-state index in [0.29, 0.717) is 36.3 Å². The zero-order valence-corrected chi connectivity index (χ0v) is 29.3. The number of aliphatic hydroxyl groups excluding tert-OH is 1. The minimum Gasteiger partial charge on any atom is -0.497 e. The van der Waals surface area contributed by atoms with Gasteiger partial charge in [-0.3, -0.25) is 19.2 Å². The van der Waals surface area contributed by atoms with Gasteiger partial charge in [-0.2, -0.15) is 0 Å². The average Bonchev–Trinajstić information content (AvgIpc) is 3.76. The van der Waals surface area contributed by atoms with Crippen LogP contribution < -0.4 is 15.0 Å². The first-order valence-electron chi connectivity index (χ1n) is 17.4. The molecule has 0 aliphatic carbocycles. The fourth-order valence-corrected chi connectivity index (χ4v) is 7.92. The molecule has 1 spiro atoms. The van der Waals surface area contributed by atoms with E-state index in [2.05, 4.69) is 18.5 Å². The summed E-state index contributed by atoms with van der Waals surface area (Å²) in [4.78, 5) is 59.6. The standard InChI is InChI=1S/C39H49N3O8/c1-7-9-15-31(44)40-25(5)34(26-13-11-10-12-14-26)49-38(47)32-30-20-21-39(50-30)33(32)36(45)42(29(23-43)24(3)4)35(39)37(46)41(22-8-2)27-16-18-28(48-6)19-17-27/h7-8,10-14,16-19,24-25,29-30,32-35,43H,1-2,9,15,20-23H2,3-6H3,(H,40,44)/t25-,29+,30+,32-,33-,34-,35+,39-/m1/s1. The normalized spacial score (nSPS) is 25.4. The summed E-state index contributed by atoms with van der Waals surface area (Å²) in [5.41, 5.74) is -0.0570. The highest BCUT2D eigenvalue weighted by atomic mass is 16.6.